The fraction of sp³-hybridized carbons (Fsp3) is 0.272. The van der Waals surface area contributed by atoms with E-state index in [1.807, 2.05) is 110 Å². The number of aromatic nitrogens is 10. The number of benzene rings is 12. The Morgan fingerprint density at radius 2 is 0.811 bits per heavy atom. The zero-order valence-corrected chi connectivity index (χ0v) is 99.8. The molecule has 12 aromatic carbocycles. The Bertz CT molecular complexity index is 8690. The van der Waals surface area contributed by atoms with E-state index >= 15 is 0 Å². The van der Waals surface area contributed by atoms with E-state index < -0.39 is 35.3 Å². The molecule has 0 radical (unpaired) electrons. The number of anilines is 3. The molecule has 148 heavy (non-hydrogen) atoms. The van der Waals surface area contributed by atoms with Crippen molar-refractivity contribution < 1.29 is 98.8 Å². The molecule has 0 saturated carbocycles. The molecule has 23 heteroatoms. The molecule has 9 heterocycles. The predicted molar refractivity (Wildman–Crippen MR) is 628 cm³/mol. The molecule has 16 nitrogen and oxygen atoms in total. The van der Waals surface area contributed by atoms with Crippen LogP contribution in [0, 0.1) is 60.3 Å². The molecule has 1 aliphatic rings. The van der Waals surface area contributed by atoms with Crippen molar-refractivity contribution in [1.29, 1.82) is 0 Å². The van der Waals surface area contributed by atoms with Crippen molar-refractivity contribution in [3.05, 3.63) is 359 Å². The normalized spacial score (nSPS) is 13.3. The van der Waals surface area contributed by atoms with Gasteiger partial charge in [-0.15, -0.1) is 70.9 Å². The van der Waals surface area contributed by atoms with Gasteiger partial charge in [-0.25, -0.2) is 24.5 Å². The topological polar surface area (TPSA) is 131 Å². The van der Waals surface area contributed by atoms with Gasteiger partial charge in [-0.2, -0.15) is 18.7 Å². The van der Waals surface area contributed by atoms with Crippen LogP contribution in [-0.2, 0) is 81.8 Å². The van der Waals surface area contributed by atoms with Crippen LogP contribution in [0.25, 0.3) is 116 Å². The third kappa shape index (κ3) is 24.4. The third-order valence-electron chi connectivity index (χ3n) is 26.9. The first kappa shape index (κ1) is 102. The molecule has 0 bridgehead atoms. The van der Waals surface area contributed by atoms with Crippen LogP contribution in [0.3, 0.4) is 0 Å². The number of alkyl halides is 1. The maximum Gasteiger partial charge on any atom is 0 e. The van der Waals surface area contributed by atoms with Crippen LogP contribution >= 0.6 is 65.4 Å². The Balaban J connectivity index is 0.000000197. The quantitative estimate of drug-likeness (QED) is 0.0383. The zero-order valence-electron chi connectivity index (χ0n) is 97.1. The molecule has 0 saturated heterocycles. The SMILES string of the molecule is C.Cc1cc2ncn(-c3cc(Oc4ccc5c6ccccc6n(-c6cc(C(C)(C)C)ccn6)c5c4)cc(C(C)(C)C)c3)c2cc1C.I.[2H]C([2H])([2H])I.[2H]C([2H])([2H])N1[CH-]N(c2[c-]c(Oc3[c-]c4c(cc3)c3ccccc3n4-c3cc(C(C)(C)C)ccn3)cc(C(C)(C)C)c2)c2cc(C)c(C)cc21.[2H]C([2H])([2H])[n+]1cn(-c2cc(Oc3ccc4c5ccccc5n(-c5cc(C(C)(C)C)ccn5)c4c3)cc(C(C)(C)C)c2)c2cc(C)c(C)cc21.[2H][C-]=O.[Cl][Pt][Cl].[I-].[Pt]. The van der Waals surface area contributed by atoms with E-state index in [-0.39, 0.29) is 109 Å². The number of aryl methyl sites for hydroxylation is 7. The van der Waals surface area contributed by atoms with Gasteiger partial charge in [0, 0.05) is 122 Å². The first-order chi connectivity index (χ1) is 72.2. The Hall–Kier alpha value is -10.8. The van der Waals surface area contributed by atoms with E-state index in [9.17, 15) is 0 Å². The summed E-state index contributed by atoms with van der Waals surface area (Å²) < 4.78 is 106. The number of rotatable bonds is 12. The van der Waals surface area contributed by atoms with Crippen LogP contribution < -0.4 is 52.6 Å². The predicted octanol–water partition coefficient (Wildman–Crippen LogP) is 31.4. The van der Waals surface area contributed by atoms with Crippen LogP contribution in [0.2, 0.25) is 0 Å². The van der Waals surface area contributed by atoms with Crippen molar-refractivity contribution in [3.8, 4) is 63.3 Å². The summed E-state index contributed by atoms with van der Waals surface area (Å²) in [5.41, 5.74) is 26.9. The molecule has 0 aliphatic carbocycles. The third-order valence-corrected chi connectivity index (χ3v) is 26.9. The van der Waals surface area contributed by atoms with Crippen LogP contribution in [0.1, 0.15) is 213 Å². The zero-order chi connectivity index (χ0) is 112. The van der Waals surface area contributed by atoms with Gasteiger partial charge < -0.3 is 57.3 Å². The largest absolute Gasteiger partial charge is 1.00 e. The molecular weight excluding hydrogens is 2580 g/mol. The molecule has 20 aromatic rings. The number of nitrogens with zero attached hydrogens (tertiary/aromatic N) is 12. The number of fused-ring (bicyclic) bond motifs is 12. The molecule has 1 aliphatic heterocycles. The minimum atomic E-state index is -2.35. The van der Waals surface area contributed by atoms with Crippen molar-refractivity contribution in [2.24, 2.45) is 6.98 Å². The summed E-state index contributed by atoms with van der Waals surface area (Å²) in [5, 5.41) is 6.79. The minimum Gasteiger partial charge on any atom is -1.00 e. The number of imidazole rings is 2. The first-order valence-electron chi connectivity index (χ1n) is 52.9. The van der Waals surface area contributed by atoms with E-state index in [1.165, 1.54) is 76.2 Å². The van der Waals surface area contributed by atoms with Gasteiger partial charge in [0.1, 0.15) is 52.5 Å². The van der Waals surface area contributed by atoms with Crippen molar-refractivity contribution in [2.45, 2.75) is 206 Å². The first-order valence-corrected chi connectivity index (χ1v) is 54.6. The number of pyridine rings is 3. The molecule has 0 N–H and O–H groups in total. The molecule has 0 atom stereocenters. The van der Waals surface area contributed by atoms with E-state index in [2.05, 4.69) is 364 Å². The van der Waals surface area contributed by atoms with E-state index in [4.69, 9.17) is 71.5 Å². The van der Waals surface area contributed by atoms with Gasteiger partial charge in [0.2, 0.25) is 6.33 Å². The standard InChI is InChI=1S/C41H43N4O.C41H41N4O.C40H40N4O.CH3I.CHO.CH4.2ClH.2HI.2Pt/c2*1-26-18-37-38(19-27(26)2)44(25-43(37)9)30-20-29(41(6,7)8)21-32(23-30)46-31-14-15-34-33-12-10-11-13-35(33)45(36(34)24-31)39-22-28(16-17-42-39)40(3,4)5;1-25-17-34-37(18-26(25)2)43(24-42-34)29-19-28(40(6,7)8)20-31(22-29)45-30-13-14-33-32-11-9-10-12-35(32)44(36(33)23-30)38-21-27(15-16-41-38)39(3,4)5;2*1-2;;;;;;;/h10-25H,1-9H3;10-22,25H,1-9H3;9-24H,1-8H3;1H3;1H;1H4;4*1H;;/q+1;-3;;;-1;;;;;;;+2/p-3/i2*9D3;;1D3;1D;;;;;;;. The monoisotopic (exact) mass is 2720 g/mol. The Kier molecular flexibility index (Phi) is 32.0. The van der Waals surface area contributed by atoms with Crippen molar-refractivity contribution >= 4 is 177 Å². The summed E-state index contributed by atoms with van der Waals surface area (Å²) in [6, 6.07) is 90.9. The van der Waals surface area contributed by atoms with Crippen molar-refractivity contribution in [1.82, 2.24) is 42.8 Å². The second-order valence-corrected chi connectivity index (χ2v) is 46.5. The van der Waals surface area contributed by atoms with Gasteiger partial charge in [0.15, 0.2) is 11.0 Å². The van der Waals surface area contributed by atoms with Crippen LogP contribution in [0.5, 0.6) is 34.5 Å². The summed E-state index contributed by atoms with van der Waals surface area (Å²) in [7, 11) is 9.75. The summed E-state index contributed by atoms with van der Waals surface area (Å²) in [6.07, 6.45) is 9.28. The number of ether oxygens (including phenoxy) is 3. The van der Waals surface area contributed by atoms with Crippen molar-refractivity contribution in [2.75, 3.05) is 21.6 Å². The number of hydrogen-bond acceptors (Lipinski definition) is 10. The maximum atomic E-state index is 8.35. The van der Waals surface area contributed by atoms with Gasteiger partial charge in [0.05, 0.1) is 49.9 Å². The Morgan fingerprint density at radius 1 is 0.412 bits per heavy atom. The number of carbonyl (C=O) groups excluding carboxylic acids is 1. The van der Waals surface area contributed by atoms with E-state index in [0.717, 1.165) is 157 Å². The van der Waals surface area contributed by atoms with Crippen molar-refractivity contribution in [3.63, 3.8) is 0 Å². The van der Waals surface area contributed by atoms with E-state index in [0.29, 0.717) is 39.9 Å². The van der Waals surface area contributed by atoms with Gasteiger partial charge in [-0.3, -0.25) is 20.5 Å². The fourth-order valence-corrected chi connectivity index (χ4v) is 18.4. The van der Waals surface area contributed by atoms with Crippen LogP contribution in [-0.4, -0.2) is 61.4 Å². The molecule has 0 fully saturated rings. The fourth-order valence-electron chi connectivity index (χ4n) is 18.4. The van der Waals surface area contributed by atoms with Gasteiger partial charge >= 0.3 is 35.3 Å². The molecule has 8 aromatic heterocycles. The second kappa shape index (κ2) is 46.6. The number of hydrogen-bond donors (Lipinski definition) is 0. The molecule has 0 amide bonds. The molecular formula is C125H133Cl2I3N12O4Pt2-4. The summed E-state index contributed by atoms with van der Waals surface area (Å²) >= 11 is 0.905. The van der Waals surface area contributed by atoms with Crippen LogP contribution in [0.4, 0.5) is 17.1 Å². The van der Waals surface area contributed by atoms with Gasteiger partial charge in [-0.1, -0.05) is 215 Å². The molecule has 0 unspecified atom stereocenters. The Morgan fingerprint density at radius 3 is 1.28 bits per heavy atom. The van der Waals surface area contributed by atoms with Gasteiger partial charge in [0.25, 0.3) is 0 Å². The summed E-state index contributed by atoms with van der Waals surface area (Å²) in [5.74, 6) is 6.57. The molecule has 0 spiro atoms. The van der Waals surface area contributed by atoms with Crippen LogP contribution in [0.15, 0.2) is 274 Å². The number of halogens is 5. The molecule has 776 valence electrons. The smallest absolute Gasteiger partial charge is 0 e. The summed E-state index contributed by atoms with van der Waals surface area (Å²) in [4.78, 5) is 29.0. The average Bonchev–Trinajstić information content (AvgIpc) is 1.59. The molecule has 21 rings (SSSR count). The second-order valence-electron chi connectivity index (χ2n) is 43.2. The Labute approximate surface area is 966 Å². The summed E-state index contributed by atoms with van der Waals surface area (Å²) in [6.45, 7) is 49.7. The van der Waals surface area contributed by atoms with E-state index in [1.54, 1.807) is 13.0 Å². The van der Waals surface area contributed by atoms with Gasteiger partial charge in [-0.05, 0) is 292 Å². The minimum absolute atomic E-state index is 0. The maximum absolute atomic E-state index is 8.35. The average molecular weight is 2720 g/mol. The number of para-hydroxylation sites is 3.